The largest absolute Gasteiger partial charge is 0.309 e. The number of nitrogens with zero attached hydrogens (tertiary/aromatic N) is 3. The lowest BCUT2D eigenvalue weighted by atomic mass is 10.0. The summed E-state index contributed by atoms with van der Waals surface area (Å²) in [6.45, 7) is 0. The maximum atomic E-state index is 14.7. The Morgan fingerprint density at radius 3 is 1.29 bits per heavy atom. The van der Waals surface area contributed by atoms with Crippen molar-refractivity contribution in [1.29, 1.82) is 0 Å². The van der Waals surface area contributed by atoms with Crippen LogP contribution in [-0.4, -0.2) is 15.0 Å². The first-order valence-corrected chi connectivity index (χ1v) is 16.4. The third kappa shape index (κ3) is 4.69. The second kappa shape index (κ2) is 10.9. The Kier molecular flexibility index (Phi) is 6.55. The van der Waals surface area contributed by atoms with Gasteiger partial charge in [-0.15, -0.1) is 0 Å². The number of fused-ring (bicyclic) bond motifs is 3. The Labute approximate surface area is 260 Å². The molecule has 0 radical (unpaired) electrons. The van der Waals surface area contributed by atoms with Gasteiger partial charge in [-0.25, -0.2) is 19.3 Å². The maximum absolute atomic E-state index is 14.7. The van der Waals surface area contributed by atoms with Gasteiger partial charge in [0, 0.05) is 32.6 Å². The molecule has 6 aromatic carbocycles. The van der Waals surface area contributed by atoms with Crippen molar-refractivity contribution in [3.63, 3.8) is 0 Å². The zero-order chi connectivity index (χ0) is 30.4. The van der Waals surface area contributed by atoms with Crippen molar-refractivity contribution >= 4 is 23.1 Å². The molecule has 8 rings (SSSR count). The second-order valence-electron chi connectivity index (χ2n) is 10.9. The van der Waals surface area contributed by atoms with E-state index >= 15 is 0 Å². The molecule has 214 valence electrons. The topological polar surface area (TPSA) is 55.7 Å². The van der Waals surface area contributed by atoms with Crippen LogP contribution in [0.25, 0.3) is 56.4 Å². The number of hydrogen-bond acceptors (Lipinski definition) is 4. The van der Waals surface area contributed by atoms with E-state index in [9.17, 15) is 8.96 Å². The van der Waals surface area contributed by atoms with Gasteiger partial charge in [0.2, 0.25) is 0 Å². The molecule has 0 N–H and O–H groups in total. The van der Waals surface area contributed by atoms with Crippen LogP contribution in [0.5, 0.6) is 0 Å². The number of aromatic nitrogens is 3. The van der Waals surface area contributed by atoms with E-state index in [2.05, 4.69) is 12.1 Å². The molecule has 2 heterocycles. The average molecular weight is 602 g/mol. The first kappa shape index (κ1) is 27.1. The molecule has 4 nitrogen and oxygen atoms in total. The van der Waals surface area contributed by atoms with Gasteiger partial charge in [0.25, 0.3) is 0 Å². The summed E-state index contributed by atoms with van der Waals surface area (Å²) in [4.78, 5) is 14.2. The van der Waals surface area contributed by atoms with Crippen molar-refractivity contribution in [1.82, 2.24) is 15.0 Å². The summed E-state index contributed by atoms with van der Waals surface area (Å²) in [5.74, 6) is 1.24. The van der Waals surface area contributed by atoms with Gasteiger partial charge < -0.3 is 4.57 Å². The van der Waals surface area contributed by atoms with Gasteiger partial charge in [-0.1, -0.05) is 127 Å². The van der Waals surface area contributed by atoms with E-state index < -0.39 is 7.14 Å². The summed E-state index contributed by atoms with van der Waals surface area (Å²) >= 11 is 0. The molecule has 0 bridgehead atoms. The van der Waals surface area contributed by atoms with Crippen molar-refractivity contribution in [2.45, 2.75) is 0 Å². The van der Waals surface area contributed by atoms with E-state index in [0.717, 1.165) is 49.3 Å². The van der Waals surface area contributed by atoms with Crippen LogP contribution in [0, 0.1) is 5.82 Å². The van der Waals surface area contributed by atoms with Gasteiger partial charge >= 0.3 is 0 Å². The molecule has 0 saturated heterocycles. The first-order valence-electron chi connectivity index (χ1n) is 14.7. The summed E-state index contributed by atoms with van der Waals surface area (Å²) in [5, 5.41) is 2.62. The highest BCUT2D eigenvalue weighted by Crippen LogP contribution is 2.52. The fourth-order valence-electron chi connectivity index (χ4n) is 5.98. The van der Waals surface area contributed by atoms with Crippen molar-refractivity contribution in [3.05, 3.63) is 157 Å². The molecule has 0 spiro atoms. The average Bonchev–Trinajstić information content (AvgIpc) is 3.38. The summed E-state index contributed by atoms with van der Waals surface area (Å²) in [6, 6.07) is 48.1. The number of halogens is 1. The van der Waals surface area contributed by atoms with E-state index in [1.165, 1.54) is 12.1 Å². The number of rotatable bonds is 5. The van der Waals surface area contributed by atoms with Crippen LogP contribution in [-0.2, 0) is 4.57 Å². The Hall–Kier alpha value is -5.51. The van der Waals surface area contributed by atoms with Crippen LogP contribution in [0.15, 0.2) is 152 Å². The van der Waals surface area contributed by atoms with Crippen LogP contribution in [0.1, 0.15) is 0 Å². The third-order valence-corrected chi connectivity index (χ3v) is 11.4. The van der Waals surface area contributed by atoms with E-state index in [-0.39, 0.29) is 5.82 Å². The highest BCUT2D eigenvalue weighted by atomic mass is 31.2. The standard InChI is InChI=1S/C39H25FN3OP/c40-31-22-18-30(19-23-31)39-42-37(28-8-2-1-3-9-28)41-38(43-39)29-16-14-26(15-17-29)27-20-24-32(25-21-27)45(44)35-12-6-4-10-33(35)34-11-5-7-13-36(34)45/h1-25H. The first-order chi connectivity index (χ1) is 22.1. The summed E-state index contributed by atoms with van der Waals surface area (Å²) < 4.78 is 28.4. The van der Waals surface area contributed by atoms with E-state index in [0.29, 0.717) is 23.0 Å². The van der Waals surface area contributed by atoms with Crippen LogP contribution in [0.3, 0.4) is 0 Å². The molecule has 0 atom stereocenters. The molecule has 0 saturated carbocycles. The fourth-order valence-corrected chi connectivity index (χ4v) is 9.03. The highest BCUT2D eigenvalue weighted by Gasteiger charge is 2.39. The van der Waals surface area contributed by atoms with Gasteiger partial charge in [-0.3, -0.25) is 0 Å². The SMILES string of the molecule is O=P1(c2ccc(-c3ccc(-c4nc(-c5ccccc5)nc(-c5ccc(F)cc5)n4)cc3)cc2)c2ccccc2-c2ccccc21. The molecule has 1 aliphatic rings. The minimum absolute atomic E-state index is 0.315. The van der Waals surface area contributed by atoms with E-state index in [1.807, 2.05) is 115 Å². The molecule has 0 amide bonds. The molecule has 7 aromatic rings. The van der Waals surface area contributed by atoms with Gasteiger partial charge in [0.1, 0.15) is 5.82 Å². The Bertz CT molecular complexity index is 2180. The van der Waals surface area contributed by atoms with Gasteiger partial charge in [0.05, 0.1) is 0 Å². The third-order valence-electron chi connectivity index (χ3n) is 8.25. The Balaban J connectivity index is 1.14. The van der Waals surface area contributed by atoms with Gasteiger partial charge in [-0.2, -0.15) is 0 Å². The molecule has 45 heavy (non-hydrogen) atoms. The fraction of sp³-hybridized carbons (Fsp3) is 0. The van der Waals surface area contributed by atoms with Crippen LogP contribution >= 0.6 is 7.14 Å². The normalized spacial score (nSPS) is 12.8. The molecule has 1 aromatic heterocycles. The van der Waals surface area contributed by atoms with Crippen molar-refractivity contribution < 1.29 is 8.96 Å². The lowest BCUT2D eigenvalue weighted by Crippen LogP contribution is -2.20. The van der Waals surface area contributed by atoms with E-state index in [4.69, 9.17) is 15.0 Å². The van der Waals surface area contributed by atoms with Crippen LogP contribution < -0.4 is 15.9 Å². The molecule has 6 heteroatoms. The molecule has 0 unspecified atom stereocenters. The van der Waals surface area contributed by atoms with Crippen molar-refractivity contribution in [3.8, 4) is 56.4 Å². The molecule has 0 aliphatic carbocycles. The molecule has 1 aliphatic heterocycles. The minimum atomic E-state index is -2.97. The lowest BCUT2D eigenvalue weighted by molar-refractivity contribution is 0.593. The molecular formula is C39H25FN3OP. The second-order valence-corrected chi connectivity index (χ2v) is 13.6. The minimum Gasteiger partial charge on any atom is -0.309 e. The van der Waals surface area contributed by atoms with Gasteiger partial charge in [0.15, 0.2) is 24.6 Å². The van der Waals surface area contributed by atoms with Crippen molar-refractivity contribution in [2.24, 2.45) is 0 Å². The van der Waals surface area contributed by atoms with Crippen LogP contribution in [0.2, 0.25) is 0 Å². The monoisotopic (exact) mass is 601 g/mol. The van der Waals surface area contributed by atoms with Gasteiger partial charge in [-0.05, 0) is 46.5 Å². The maximum Gasteiger partial charge on any atom is 0.172 e. The lowest BCUT2D eigenvalue weighted by Gasteiger charge is -2.16. The molecular weight excluding hydrogens is 576 g/mol. The quantitative estimate of drug-likeness (QED) is 0.186. The number of benzene rings is 6. The van der Waals surface area contributed by atoms with E-state index in [1.54, 1.807) is 12.1 Å². The summed E-state index contributed by atoms with van der Waals surface area (Å²) in [7, 11) is -2.97. The Morgan fingerprint density at radius 2 is 0.778 bits per heavy atom. The number of hydrogen-bond donors (Lipinski definition) is 0. The van der Waals surface area contributed by atoms with Crippen LogP contribution in [0.4, 0.5) is 4.39 Å². The highest BCUT2D eigenvalue weighted by molar-refractivity contribution is 7.86. The predicted octanol–water partition coefficient (Wildman–Crippen LogP) is 8.30. The smallest absolute Gasteiger partial charge is 0.172 e. The molecule has 0 fully saturated rings. The summed E-state index contributed by atoms with van der Waals surface area (Å²) in [6.07, 6.45) is 0. The Morgan fingerprint density at radius 1 is 0.400 bits per heavy atom. The zero-order valence-corrected chi connectivity index (χ0v) is 24.9. The predicted molar refractivity (Wildman–Crippen MR) is 180 cm³/mol. The zero-order valence-electron chi connectivity index (χ0n) is 24.0. The van der Waals surface area contributed by atoms with Crippen molar-refractivity contribution in [2.75, 3.05) is 0 Å². The summed E-state index contributed by atoms with van der Waals surface area (Å²) in [5.41, 5.74) is 6.55.